The number of nitrogens with two attached hydrogens (primary N) is 1. The fourth-order valence-corrected chi connectivity index (χ4v) is 1.97. The van der Waals surface area contributed by atoms with Gasteiger partial charge in [-0.25, -0.2) is 0 Å². The Labute approximate surface area is 112 Å². The summed E-state index contributed by atoms with van der Waals surface area (Å²) in [6, 6.07) is 7.66. The molecular formula is C13H17ClN4. The minimum absolute atomic E-state index is 0.0187. The van der Waals surface area contributed by atoms with Gasteiger partial charge in [0, 0.05) is 24.8 Å². The van der Waals surface area contributed by atoms with Gasteiger partial charge in [0.15, 0.2) is 0 Å². The lowest BCUT2D eigenvalue weighted by Crippen LogP contribution is -2.20. The van der Waals surface area contributed by atoms with Crippen LogP contribution in [0.2, 0.25) is 5.02 Å². The van der Waals surface area contributed by atoms with Crippen LogP contribution >= 0.6 is 11.6 Å². The van der Waals surface area contributed by atoms with Crippen molar-refractivity contribution in [2.75, 3.05) is 11.9 Å². The molecule has 4 nitrogen and oxygen atoms in total. The normalized spacial score (nSPS) is 12.4. The van der Waals surface area contributed by atoms with Crippen molar-refractivity contribution >= 4 is 17.3 Å². The highest BCUT2D eigenvalue weighted by Crippen LogP contribution is 2.25. The summed E-state index contributed by atoms with van der Waals surface area (Å²) in [4.78, 5) is 0. The van der Waals surface area contributed by atoms with Crippen LogP contribution in [-0.2, 0) is 6.54 Å². The second-order valence-corrected chi connectivity index (χ2v) is 4.45. The molecule has 0 saturated heterocycles. The van der Waals surface area contributed by atoms with Crippen molar-refractivity contribution in [2.24, 2.45) is 5.73 Å². The van der Waals surface area contributed by atoms with Gasteiger partial charge < -0.3 is 11.1 Å². The molecule has 1 atom stereocenters. The Hall–Kier alpha value is -1.52. The number of halogens is 1. The Morgan fingerprint density at radius 2 is 2.22 bits per heavy atom. The van der Waals surface area contributed by atoms with E-state index < -0.39 is 0 Å². The van der Waals surface area contributed by atoms with Gasteiger partial charge in [-0.1, -0.05) is 23.7 Å². The van der Waals surface area contributed by atoms with Crippen LogP contribution in [0.5, 0.6) is 0 Å². The standard InChI is InChI=1S/C13H17ClN4/c1-2-18-9-10(8-16-18)13(7-15)17-12-6-4-3-5-11(12)14/h3-6,8-9,13,17H,2,7,15H2,1H3. The minimum Gasteiger partial charge on any atom is -0.376 e. The van der Waals surface area contributed by atoms with Crippen molar-refractivity contribution in [3.8, 4) is 0 Å². The molecule has 18 heavy (non-hydrogen) atoms. The Morgan fingerprint density at radius 3 is 2.83 bits per heavy atom. The molecule has 2 aromatic rings. The van der Waals surface area contributed by atoms with Crippen LogP contribution in [0.15, 0.2) is 36.7 Å². The molecule has 0 saturated carbocycles. The number of para-hydroxylation sites is 1. The van der Waals surface area contributed by atoms with E-state index in [1.54, 1.807) is 0 Å². The monoisotopic (exact) mass is 264 g/mol. The predicted molar refractivity (Wildman–Crippen MR) is 74.8 cm³/mol. The van der Waals surface area contributed by atoms with Crippen LogP contribution in [0, 0.1) is 0 Å². The van der Waals surface area contributed by atoms with Crippen LogP contribution < -0.4 is 11.1 Å². The zero-order valence-electron chi connectivity index (χ0n) is 10.3. The quantitative estimate of drug-likeness (QED) is 0.873. The molecule has 0 aliphatic rings. The minimum atomic E-state index is 0.0187. The molecule has 5 heteroatoms. The Morgan fingerprint density at radius 1 is 1.44 bits per heavy atom. The molecule has 0 spiro atoms. The molecule has 0 bridgehead atoms. The Bertz CT molecular complexity index is 509. The van der Waals surface area contributed by atoms with E-state index in [1.807, 2.05) is 41.3 Å². The summed E-state index contributed by atoms with van der Waals surface area (Å²) in [5.74, 6) is 0. The summed E-state index contributed by atoms with van der Waals surface area (Å²) in [5, 5.41) is 8.29. The van der Waals surface area contributed by atoms with E-state index in [0.29, 0.717) is 11.6 Å². The first-order chi connectivity index (χ1) is 8.74. The zero-order valence-corrected chi connectivity index (χ0v) is 11.1. The van der Waals surface area contributed by atoms with Crippen molar-refractivity contribution in [3.05, 3.63) is 47.2 Å². The average molecular weight is 265 g/mol. The fraction of sp³-hybridized carbons (Fsp3) is 0.308. The highest BCUT2D eigenvalue weighted by atomic mass is 35.5. The van der Waals surface area contributed by atoms with Crippen molar-refractivity contribution in [3.63, 3.8) is 0 Å². The van der Waals surface area contributed by atoms with Crippen LogP contribution in [0.3, 0.4) is 0 Å². The first kappa shape index (κ1) is 12.9. The average Bonchev–Trinajstić information content (AvgIpc) is 2.86. The highest BCUT2D eigenvalue weighted by Gasteiger charge is 2.12. The van der Waals surface area contributed by atoms with E-state index in [-0.39, 0.29) is 6.04 Å². The smallest absolute Gasteiger partial charge is 0.0667 e. The molecule has 1 unspecified atom stereocenters. The SMILES string of the molecule is CCn1cc(C(CN)Nc2ccccc2Cl)cn1. The van der Waals surface area contributed by atoms with Gasteiger partial charge in [-0.15, -0.1) is 0 Å². The van der Waals surface area contributed by atoms with Crippen molar-refractivity contribution in [2.45, 2.75) is 19.5 Å². The largest absolute Gasteiger partial charge is 0.376 e. The summed E-state index contributed by atoms with van der Waals surface area (Å²) in [5.41, 5.74) is 7.77. The number of aryl methyl sites for hydroxylation is 1. The van der Waals surface area contributed by atoms with Gasteiger partial charge in [-0.3, -0.25) is 4.68 Å². The maximum atomic E-state index is 6.12. The first-order valence-corrected chi connectivity index (χ1v) is 6.36. The molecule has 0 aliphatic heterocycles. The number of hydrogen-bond acceptors (Lipinski definition) is 3. The van der Waals surface area contributed by atoms with Gasteiger partial charge in [0.2, 0.25) is 0 Å². The summed E-state index contributed by atoms with van der Waals surface area (Å²) in [6.45, 7) is 3.39. The summed E-state index contributed by atoms with van der Waals surface area (Å²) in [6.07, 6.45) is 3.84. The summed E-state index contributed by atoms with van der Waals surface area (Å²) < 4.78 is 1.88. The number of rotatable bonds is 5. The molecule has 0 fully saturated rings. The number of anilines is 1. The van der Waals surface area contributed by atoms with Crippen LogP contribution in [-0.4, -0.2) is 16.3 Å². The third-order valence-electron chi connectivity index (χ3n) is 2.82. The van der Waals surface area contributed by atoms with Gasteiger partial charge in [0.25, 0.3) is 0 Å². The zero-order chi connectivity index (χ0) is 13.0. The van der Waals surface area contributed by atoms with Crippen molar-refractivity contribution in [1.82, 2.24) is 9.78 Å². The molecule has 0 radical (unpaired) electrons. The maximum Gasteiger partial charge on any atom is 0.0667 e. The third kappa shape index (κ3) is 2.83. The second-order valence-electron chi connectivity index (χ2n) is 4.04. The molecule has 96 valence electrons. The molecule has 1 heterocycles. The van der Waals surface area contributed by atoms with Crippen LogP contribution in [0.1, 0.15) is 18.5 Å². The third-order valence-corrected chi connectivity index (χ3v) is 3.15. The van der Waals surface area contributed by atoms with Gasteiger partial charge in [0.05, 0.1) is 22.9 Å². The molecule has 3 N–H and O–H groups in total. The van der Waals surface area contributed by atoms with E-state index in [9.17, 15) is 0 Å². The lowest BCUT2D eigenvalue weighted by Gasteiger charge is -2.17. The number of nitrogens with one attached hydrogen (secondary N) is 1. The van der Waals surface area contributed by atoms with Gasteiger partial charge in [-0.05, 0) is 19.1 Å². The molecular weight excluding hydrogens is 248 g/mol. The van der Waals surface area contributed by atoms with E-state index in [0.717, 1.165) is 17.8 Å². The van der Waals surface area contributed by atoms with Crippen molar-refractivity contribution in [1.29, 1.82) is 0 Å². The topological polar surface area (TPSA) is 55.9 Å². The number of hydrogen-bond donors (Lipinski definition) is 2. The summed E-state index contributed by atoms with van der Waals surface area (Å²) >= 11 is 6.12. The van der Waals surface area contributed by atoms with E-state index in [4.69, 9.17) is 17.3 Å². The Kier molecular flexibility index (Phi) is 4.23. The first-order valence-electron chi connectivity index (χ1n) is 5.98. The van der Waals surface area contributed by atoms with E-state index >= 15 is 0 Å². The lowest BCUT2D eigenvalue weighted by atomic mass is 10.1. The van der Waals surface area contributed by atoms with E-state index in [1.165, 1.54) is 0 Å². The van der Waals surface area contributed by atoms with E-state index in [2.05, 4.69) is 17.3 Å². The van der Waals surface area contributed by atoms with Gasteiger partial charge >= 0.3 is 0 Å². The van der Waals surface area contributed by atoms with Gasteiger partial charge in [0.1, 0.15) is 0 Å². The molecule has 1 aromatic heterocycles. The number of nitrogens with zero attached hydrogens (tertiary/aromatic N) is 2. The highest BCUT2D eigenvalue weighted by molar-refractivity contribution is 6.33. The maximum absolute atomic E-state index is 6.12. The van der Waals surface area contributed by atoms with Crippen LogP contribution in [0.25, 0.3) is 0 Å². The number of aromatic nitrogens is 2. The van der Waals surface area contributed by atoms with Crippen LogP contribution in [0.4, 0.5) is 5.69 Å². The molecule has 1 aromatic carbocycles. The fourth-order valence-electron chi connectivity index (χ4n) is 1.78. The lowest BCUT2D eigenvalue weighted by molar-refractivity contribution is 0.658. The summed E-state index contributed by atoms with van der Waals surface area (Å²) in [7, 11) is 0. The molecule has 0 amide bonds. The second kappa shape index (κ2) is 5.89. The predicted octanol–water partition coefficient (Wildman–Crippen LogP) is 2.67. The number of benzene rings is 1. The Balaban J connectivity index is 2.17. The molecule has 2 rings (SSSR count). The molecule has 0 aliphatic carbocycles. The van der Waals surface area contributed by atoms with Crippen molar-refractivity contribution < 1.29 is 0 Å². The van der Waals surface area contributed by atoms with Gasteiger partial charge in [-0.2, -0.15) is 5.10 Å².